The Kier molecular flexibility index (Phi) is 5.75. The highest BCUT2D eigenvalue weighted by atomic mass is 79.9. The monoisotopic (exact) mass is 424 g/mol. The molecule has 1 spiro atoms. The van der Waals surface area contributed by atoms with Gasteiger partial charge >= 0.3 is 5.97 Å². The van der Waals surface area contributed by atoms with Crippen molar-refractivity contribution in [2.24, 2.45) is 0 Å². The van der Waals surface area contributed by atoms with Gasteiger partial charge in [0.15, 0.2) is 0 Å². The first-order chi connectivity index (χ1) is 12.2. The Morgan fingerprint density at radius 2 is 2.04 bits per heavy atom. The van der Waals surface area contributed by atoms with Crippen LogP contribution in [-0.4, -0.2) is 35.2 Å². The summed E-state index contributed by atoms with van der Waals surface area (Å²) in [6, 6.07) is 3.96. The summed E-state index contributed by atoms with van der Waals surface area (Å²) in [6.45, 7) is 6.22. The third-order valence-corrected chi connectivity index (χ3v) is 5.95. The first-order valence-corrected chi connectivity index (χ1v) is 10.2. The number of nitrogens with one attached hydrogen (secondary N) is 1. The van der Waals surface area contributed by atoms with Gasteiger partial charge in [-0.1, -0.05) is 25.3 Å². The zero-order valence-electron chi connectivity index (χ0n) is 15.9. The van der Waals surface area contributed by atoms with E-state index in [2.05, 4.69) is 26.2 Å². The lowest BCUT2D eigenvalue weighted by Gasteiger charge is -2.36. The van der Waals surface area contributed by atoms with Crippen LogP contribution >= 0.6 is 15.9 Å². The molecule has 2 heterocycles. The predicted octanol–water partition coefficient (Wildman–Crippen LogP) is 4.09. The summed E-state index contributed by atoms with van der Waals surface area (Å²) < 4.78 is 12.5. The topological polar surface area (TPSA) is 60.5 Å². The number of rotatable bonds is 4. The fourth-order valence-corrected chi connectivity index (χ4v) is 4.86. The molecule has 1 aromatic heterocycles. The second-order valence-electron chi connectivity index (χ2n) is 8.58. The van der Waals surface area contributed by atoms with Crippen molar-refractivity contribution in [3.05, 3.63) is 28.5 Å². The number of hydrogen-bond acceptors (Lipinski definition) is 5. The molecule has 1 saturated heterocycles. The molecule has 2 aliphatic rings. The van der Waals surface area contributed by atoms with Gasteiger partial charge in [0.05, 0.1) is 0 Å². The Hall–Kier alpha value is -0.980. The minimum atomic E-state index is -0.568. The molecule has 0 bridgehead atoms. The normalized spacial score (nSPS) is 25.4. The molecule has 1 atom stereocenters. The molecule has 1 aliphatic carbocycles. The van der Waals surface area contributed by atoms with E-state index in [1.165, 1.54) is 19.3 Å². The fourth-order valence-electron chi connectivity index (χ4n) is 4.25. The molecule has 1 aliphatic heterocycles. The Labute approximate surface area is 164 Å². The Balaban J connectivity index is 1.82. The van der Waals surface area contributed by atoms with Crippen molar-refractivity contribution in [1.82, 2.24) is 10.3 Å². The molecular formula is C20H29BrN2O3. The molecule has 0 amide bonds. The van der Waals surface area contributed by atoms with Gasteiger partial charge in [-0.05, 0) is 55.6 Å². The summed E-state index contributed by atoms with van der Waals surface area (Å²) in [6.07, 6.45) is 8.70. The van der Waals surface area contributed by atoms with Crippen molar-refractivity contribution in [2.75, 3.05) is 13.2 Å². The number of pyridine rings is 1. The Bertz CT molecular complexity index is 653. The number of ether oxygens (including phenoxy) is 2. The van der Waals surface area contributed by atoms with Crippen LogP contribution < -0.4 is 5.32 Å². The maximum Gasteiger partial charge on any atom is 0.332 e. The minimum Gasteiger partial charge on any atom is -0.458 e. The highest BCUT2D eigenvalue weighted by molar-refractivity contribution is 9.10. The lowest BCUT2D eigenvalue weighted by atomic mass is 9.76. The van der Waals surface area contributed by atoms with Crippen LogP contribution in [0.2, 0.25) is 0 Å². The molecule has 6 heteroatoms. The Morgan fingerprint density at radius 1 is 1.31 bits per heavy atom. The fraction of sp³-hybridized carbons (Fsp3) is 0.700. The predicted molar refractivity (Wildman–Crippen MR) is 104 cm³/mol. The molecule has 26 heavy (non-hydrogen) atoms. The van der Waals surface area contributed by atoms with E-state index in [0.717, 1.165) is 29.4 Å². The number of esters is 1. The van der Waals surface area contributed by atoms with Crippen molar-refractivity contribution < 1.29 is 14.3 Å². The summed E-state index contributed by atoms with van der Waals surface area (Å²) in [4.78, 5) is 16.6. The van der Waals surface area contributed by atoms with Crippen molar-refractivity contribution in [1.29, 1.82) is 0 Å². The molecule has 1 saturated carbocycles. The van der Waals surface area contributed by atoms with Crippen molar-refractivity contribution >= 4 is 21.9 Å². The van der Waals surface area contributed by atoms with Gasteiger partial charge in [0.25, 0.3) is 0 Å². The number of carbonyl (C=O) groups is 1. The number of hydrogen-bond donors (Lipinski definition) is 1. The van der Waals surface area contributed by atoms with Gasteiger partial charge in [0.2, 0.25) is 0 Å². The SMILES string of the molecule is CC(C)(C)OC(=O)COC1(c2cccnc2Br)CNC2(CCCCC2)C1. The second-order valence-corrected chi connectivity index (χ2v) is 9.33. The summed E-state index contributed by atoms with van der Waals surface area (Å²) in [5.41, 5.74) is 0.0163. The van der Waals surface area contributed by atoms with Crippen molar-refractivity contribution in [3.63, 3.8) is 0 Å². The lowest BCUT2D eigenvalue weighted by molar-refractivity contribution is -0.167. The molecular weight excluding hydrogens is 396 g/mol. The maximum absolute atomic E-state index is 12.2. The van der Waals surface area contributed by atoms with Crippen LogP contribution in [0.15, 0.2) is 22.9 Å². The smallest absolute Gasteiger partial charge is 0.332 e. The summed E-state index contributed by atoms with van der Waals surface area (Å²) in [5, 5.41) is 3.73. The van der Waals surface area contributed by atoms with Crippen LogP contribution in [0.5, 0.6) is 0 Å². The average molecular weight is 425 g/mol. The van der Waals surface area contributed by atoms with Gasteiger partial charge in [-0.2, -0.15) is 0 Å². The van der Waals surface area contributed by atoms with Crippen molar-refractivity contribution in [2.45, 2.75) is 76.0 Å². The quantitative estimate of drug-likeness (QED) is 0.582. The lowest BCUT2D eigenvalue weighted by Crippen LogP contribution is -2.41. The van der Waals surface area contributed by atoms with E-state index in [1.807, 2.05) is 32.9 Å². The van der Waals surface area contributed by atoms with Gasteiger partial charge < -0.3 is 14.8 Å². The third-order valence-electron chi connectivity index (χ3n) is 5.32. The third kappa shape index (κ3) is 4.46. The molecule has 5 nitrogen and oxygen atoms in total. The summed E-state index contributed by atoms with van der Waals surface area (Å²) in [7, 11) is 0. The Morgan fingerprint density at radius 3 is 2.69 bits per heavy atom. The van der Waals surface area contributed by atoms with Crippen LogP contribution in [0.1, 0.15) is 64.9 Å². The van der Waals surface area contributed by atoms with Gasteiger partial charge in [-0.15, -0.1) is 0 Å². The van der Waals surface area contributed by atoms with E-state index in [4.69, 9.17) is 9.47 Å². The molecule has 0 aromatic carbocycles. The van der Waals surface area contributed by atoms with E-state index >= 15 is 0 Å². The highest BCUT2D eigenvalue weighted by Crippen LogP contribution is 2.46. The minimum absolute atomic E-state index is 0.0592. The van der Waals surface area contributed by atoms with Gasteiger partial charge in [0, 0.05) is 30.3 Å². The number of aromatic nitrogens is 1. The van der Waals surface area contributed by atoms with Gasteiger partial charge in [-0.3, -0.25) is 0 Å². The molecule has 0 radical (unpaired) electrons. The molecule has 3 rings (SSSR count). The zero-order chi connectivity index (χ0) is 18.8. The van der Waals surface area contributed by atoms with E-state index in [1.54, 1.807) is 6.20 Å². The standard InChI is InChI=1S/C20H29BrN2O3/c1-18(2,3)26-16(24)12-25-20(15-8-7-11-22-17(15)21)13-19(23-14-20)9-5-4-6-10-19/h7-8,11,23H,4-6,9-10,12-14H2,1-3H3. The van der Waals surface area contributed by atoms with E-state index in [-0.39, 0.29) is 18.1 Å². The largest absolute Gasteiger partial charge is 0.458 e. The molecule has 2 fully saturated rings. The van der Waals surface area contributed by atoms with Gasteiger partial charge in [-0.25, -0.2) is 9.78 Å². The molecule has 1 aromatic rings. The highest BCUT2D eigenvalue weighted by Gasteiger charge is 2.51. The van der Waals surface area contributed by atoms with E-state index in [0.29, 0.717) is 6.54 Å². The maximum atomic E-state index is 12.2. The van der Waals surface area contributed by atoms with Crippen LogP contribution in [0.4, 0.5) is 0 Å². The molecule has 1 N–H and O–H groups in total. The van der Waals surface area contributed by atoms with Crippen LogP contribution in [-0.2, 0) is 19.9 Å². The first kappa shape index (κ1) is 19.8. The van der Waals surface area contributed by atoms with Crippen LogP contribution in [0.3, 0.4) is 0 Å². The van der Waals surface area contributed by atoms with E-state index in [9.17, 15) is 4.79 Å². The first-order valence-electron chi connectivity index (χ1n) is 9.46. The number of halogens is 1. The number of nitrogens with zero attached hydrogens (tertiary/aromatic N) is 1. The number of carbonyl (C=O) groups excluding carboxylic acids is 1. The average Bonchev–Trinajstić information content (AvgIpc) is 2.92. The molecule has 1 unspecified atom stereocenters. The van der Waals surface area contributed by atoms with Crippen LogP contribution in [0, 0.1) is 0 Å². The zero-order valence-corrected chi connectivity index (χ0v) is 17.5. The summed E-state index contributed by atoms with van der Waals surface area (Å²) >= 11 is 3.57. The second kappa shape index (κ2) is 7.56. The van der Waals surface area contributed by atoms with Crippen molar-refractivity contribution in [3.8, 4) is 0 Å². The summed E-state index contributed by atoms with van der Waals surface area (Å²) in [5.74, 6) is -0.332. The van der Waals surface area contributed by atoms with Gasteiger partial charge in [0.1, 0.15) is 22.4 Å². The molecule has 144 valence electrons. The van der Waals surface area contributed by atoms with E-state index < -0.39 is 11.2 Å². The van der Waals surface area contributed by atoms with Crippen LogP contribution in [0.25, 0.3) is 0 Å².